The highest BCUT2D eigenvalue weighted by Gasteiger charge is 2.33. The fourth-order valence-corrected chi connectivity index (χ4v) is 4.21. The van der Waals surface area contributed by atoms with E-state index < -0.39 is 17.4 Å². The molecule has 0 aliphatic rings. The van der Waals surface area contributed by atoms with Crippen LogP contribution in [0.25, 0.3) is 38.8 Å². The number of nitrogens with zero attached hydrogens (tertiary/aromatic N) is 4. The number of benzene rings is 2. The zero-order chi connectivity index (χ0) is 25.6. The van der Waals surface area contributed by atoms with Gasteiger partial charge in [0, 0.05) is 29.1 Å². The number of pyridine rings is 2. The normalized spacial score (nSPS) is 12.0. The molecule has 184 valence electrons. The van der Waals surface area contributed by atoms with Crippen molar-refractivity contribution in [1.82, 2.24) is 19.3 Å². The van der Waals surface area contributed by atoms with Gasteiger partial charge in [0.25, 0.3) is 5.56 Å². The molecule has 0 fully saturated rings. The van der Waals surface area contributed by atoms with Gasteiger partial charge in [0.2, 0.25) is 0 Å². The van der Waals surface area contributed by atoms with Gasteiger partial charge in [0.1, 0.15) is 11.3 Å². The summed E-state index contributed by atoms with van der Waals surface area (Å²) in [6.45, 7) is 1.03. The molecule has 2 N–H and O–H groups in total. The number of anilines is 1. The van der Waals surface area contributed by atoms with Crippen molar-refractivity contribution >= 4 is 39.2 Å². The van der Waals surface area contributed by atoms with Crippen molar-refractivity contribution in [1.29, 1.82) is 0 Å². The summed E-state index contributed by atoms with van der Waals surface area (Å²) in [5, 5.41) is 5.87. The lowest BCUT2D eigenvalue weighted by molar-refractivity contribution is -0.141. The Morgan fingerprint density at radius 1 is 1.08 bits per heavy atom. The van der Waals surface area contributed by atoms with Crippen molar-refractivity contribution in [2.45, 2.75) is 12.7 Å². The topological polar surface area (TPSA) is 88.0 Å². The first-order valence-corrected chi connectivity index (χ1v) is 11.2. The molecule has 0 aliphatic carbocycles. The molecule has 3 aromatic heterocycles. The van der Waals surface area contributed by atoms with Crippen LogP contribution in [0.2, 0.25) is 5.02 Å². The van der Waals surface area contributed by atoms with Crippen LogP contribution < -0.4 is 11.3 Å². The molecule has 0 aliphatic heterocycles. The molecule has 5 aromatic rings. The average molecular weight is 514 g/mol. The molecule has 0 amide bonds. The van der Waals surface area contributed by atoms with Crippen LogP contribution in [-0.4, -0.2) is 33.0 Å². The second-order valence-electron chi connectivity index (χ2n) is 8.13. The van der Waals surface area contributed by atoms with Gasteiger partial charge in [-0.3, -0.25) is 14.0 Å². The zero-order valence-electron chi connectivity index (χ0n) is 18.9. The Morgan fingerprint density at radius 2 is 1.83 bits per heavy atom. The van der Waals surface area contributed by atoms with Crippen molar-refractivity contribution < 1.29 is 17.9 Å². The summed E-state index contributed by atoms with van der Waals surface area (Å²) >= 11 is 6.00. The van der Waals surface area contributed by atoms with E-state index in [0.29, 0.717) is 34.9 Å². The zero-order valence-corrected chi connectivity index (χ0v) is 19.6. The number of hydrogen-bond donors (Lipinski definition) is 1. The van der Waals surface area contributed by atoms with E-state index in [1.165, 1.54) is 18.2 Å². The number of halogens is 4. The fourth-order valence-electron chi connectivity index (χ4n) is 4.09. The number of fused-ring (bicyclic) bond motifs is 2. The smallest absolute Gasteiger partial charge is 0.397 e. The highest BCUT2D eigenvalue weighted by Crippen LogP contribution is 2.35. The van der Waals surface area contributed by atoms with Gasteiger partial charge in [0.15, 0.2) is 0 Å². The monoisotopic (exact) mass is 513 g/mol. The maximum absolute atomic E-state index is 13.8. The number of rotatable bonds is 5. The van der Waals surface area contributed by atoms with Gasteiger partial charge in [-0.2, -0.15) is 18.3 Å². The van der Waals surface area contributed by atoms with E-state index >= 15 is 0 Å². The van der Waals surface area contributed by atoms with Gasteiger partial charge in [-0.1, -0.05) is 17.7 Å². The molecule has 11 heteroatoms. The van der Waals surface area contributed by atoms with Crippen molar-refractivity contribution in [3.63, 3.8) is 0 Å². The van der Waals surface area contributed by atoms with Crippen LogP contribution >= 0.6 is 11.6 Å². The molecular weight excluding hydrogens is 495 g/mol. The summed E-state index contributed by atoms with van der Waals surface area (Å²) in [6, 6.07) is 13.5. The van der Waals surface area contributed by atoms with Gasteiger partial charge in [-0.15, -0.1) is 0 Å². The lowest BCUT2D eigenvalue weighted by Gasteiger charge is -2.17. The molecule has 2 aromatic carbocycles. The lowest BCUT2D eigenvalue weighted by atomic mass is 10.0. The van der Waals surface area contributed by atoms with Crippen molar-refractivity contribution in [3.8, 4) is 16.8 Å². The quantitative estimate of drug-likeness (QED) is 0.344. The third-order valence-corrected chi connectivity index (χ3v) is 6.06. The number of methoxy groups -OCH3 is 1. The fraction of sp³-hybridized carbons (Fsp3) is 0.160. The Hall–Kier alpha value is -3.89. The number of alkyl halides is 3. The van der Waals surface area contributed by atoms with Crippen LogP contribution in [0.3, 0.4) is 0 Å². The van der Waals surface area contributed by atoms with E-state index in [1.54, 1.807) is 42.1 Å². The maximum atomic E-state index is 13.8. The molecule has 0 unspecified atom stereocenters. The van der Waals surface area contributed by atoms with E-state index in [9.17, 15) is 18.0 Å². The predicted molar refractivity (Wildman–Crippen MR) is 132 cm³/mol. The van der Waals surface area contributed by atoms with Crippen molar-refractivity contribution in [2.24, 2.45) is 0 Å². The van der Waals surface area contributed by atoms with E-state index in [0.717, 1.165) is 16.0 Å². The highest BCUT2D eigenvalue weighted by molar-refractivity contribution is 6.30. The summed E-state index contributed by atoms with van der Waals surface area (Å²) in [6.07, 6.45) is -2.87. The van der Waals surface area contributed by atoms with Gasteiger partial charge in [-0.05, 0) is 54.1 Å². The third-order valence-electron chi connectivity index (χ3n) is 5.80. The highest BCUT2D eigenvalue weighted by atomic mass is 35.5. The first-order valence-electron chi connectivity index (χ1n) is 10.8. The van der Waals surface area contributed by atoms with E-state index in [1.807, 2.05) is 6.20 Å². The van der Waals surface area contributed by atoms with Crippen molar-refractivity contribution in [2.75, 3.05) is 19.5 Å². The summed E-state index contributed by atoms with van der Waals surface area (Å²) in [7, 11) is 1.60. The Morgan fingerprint density at radius 3 is 2.53 bits per heavy atom. The number of nitrogen functional groups attached to an aromatic ring is 1. The minimum absolute atomic E-state index is 0.0348. The predicted octanol–water partition coefficient (Wildman–Crippen LogP) is 5.30. The number of ether oxygens (including phenoxy) is 1. The van der Waals surface area contributed by atoms with E-state index in [-0.39, 0.29) is 22.3 Å². The molecule has 5 rings (SSSR count). The Balaban J connectivity index is 1.79. The number of nitrogens with two attached hydrogens (primary N) is 1. The molecule has 0 saturated carbocycles. The maximum Gasteiger partial charge on any atom is 0.433 e. The van der Waals surface area contributed by atoms with Crippen molar-refractivity contribution in [3.05, 3.63) is 81.9 Å². The molecular formula is C25H19ClF3N5O2. The van der Waals surface area contributed by atoms with Crippen LogP contribution in [0.4, 0.5) is 18.9 Å². The minimum Gasteiger partial charge on any atom is -0.397 e. The van der Waals surface area contributed by atoms with Crippen LogP contribution in [0.5, 0.6) is 0 Å². The van der Waals surface area contributed by atoms with Gasteiger partial charge >= 0.3 is 6.18 Å². The summed E-state index contributed by atoms with van der Waals surface area (Å²) in [5.41, 5.74) is 6.15. The molecule has 0 bridgehead atoms. The number of hydrogen-bond acceptors (Lipinski definition) is 5. The van der Waals surface area contributed by atoms with E-state index in [2.05, 4.69) is 10.1 Å². The molecule has 0 saturated heterocycles. The molecule has 7 nitrogen and oxygen atoms in total. The second kappa shape index (κ2) is 8.96. The molecule has 0 spiro atoms. The first-order chi connectivity index (χ1) is 17.2. The lowest BCUT2D eigenvalue weighted by Crippen LogP contribution is -2.24. The van der Waals surface area contributed by atoms with Crippen LogP contribution in [-0.2, 0) is 17.5 Å². The molecule has 0 atom stereocenters. The summed E-state index contributed by atoms with van der Waals surface area (Å²) in [5.74, 6) is 0. The van der Waals surface area contributed by atoms with Crippen LogP contribution in [0, 0.1) is 0 Å². The summed E-state index contributed by atoms with van der Waals surface area (Å²) < 4.78 is 48.3. The second-order valence-corrected chi connectivity index (χ2v) is 8.57. The standard InChI is InChI=1S/C25H19ClF3N5O2/c1-36-11-10-33-13-15-12-14(2-8-19(15)32-33)21-22(30)18-7-9-20(25(27,28)29)31-23(18)34(24(21)35)17-5-3-16(26)4-6-17/h2-9,12-13H,10-11,30H2,1H3. The van der Waals surface area contributed by atoms with Crippen LogP contribution in [0.1, 0.15) is 5.69 Å². The molecule has 0 radical (unpaired) electrons. The summed E-state index contributed by atoms with van der Waals surface area (Å²) in [4.78, 5) is 17.6. The first kappa shape index (κ1) is 23.8. The Bertz CT molecular complexity index is 1660. The van der Waals surface area contributed by atoms with Gasteiger partial charge < -0.3 is 10.5 Å². The molecule has 3 heterocycles. The Labute approximate surface area is 207 Å². The average Bonchev–Trinajstić information content (AvgIpc) is 3.25. The van der Waals surface area contributed by atoms with Gasteiger partial charge in [0.05, 0.1) is 35.6 Å². The SMILES string of the molecule is COCCn1cc2cc(-c3c(N)c4ccc(C(F)(F)F)nc4n(-c4ccc(Cl)cc4)c3=O)ccc2n1. The van der Waals surface area contributed by atoms with E-state index in [4.69, 9.17) is 22.1 Å². The number of aromatic nitrogens is 4. The van der Waals surface area contributed by atoms with Gasteiger partial charge in [-0.25, -0.2) is 4.98 Å². The third kappa shape index (κ3) is 4.18. The molecule has 36 heavy (non-hydrogen) atoms. The van der Waals surface area contributed by atoms with Crippen LogP contribution in [0.15, 0.2) is 65.6 Å². The minimum atomic E-state index is -4.70. The largest absolute Gasteiger partial charge is 0.433 e. The Kier molecular flexibility index (Phi) is 5.93.